The maximum absolute atomic E-state index is 12.5. The molecule has 1 unspecified atom stereocenters. The Hall–Kier alpha value is -2.30. The first-order valence-electron chi connectivity index (χ1n) is 8.83. The van der Waals surface area contributed by atoms with Crippen molar-refractivity contribution in [3.8, 4) is 0 Å². The summed E-state index contributed by atoms with van der Waals surface area (Å²) in [5.41, 5.74) is 3.58. The number of amides is 1. The van der Waals surface area contributed by atoms with Gasteiger partial charge in [0.1, 0.15) is 5.58 Å². The van der Waals surface area contributed by atoms with Crippen LogP contribution in [0.15, 0.2) is 22.8 Å². The van der Waals surface area contributed by atoms with E-state index < -0.39 is 11.5 Å². The number of aryl methyl sites for hydroxylation is 2. The maximum atomic E-state index is 12.5. The monoisotopic (exact) mass is 343 g/mol. The highest BCUT2D eigenvalue weighted by atomic mass is 16.4. The van der Waals surface area contributed by atoms with Crippen LogP contribution in [-0.4, -0.2) is 22.5 Å². The molecule has 3 rings (SSSR count). The Bertz CT molecular complexity index is 820. The van der Waals surface area contributed by atoms with Crippen molar-refractivity contribution < 1.29 is 19.1 Å². The van der Waals surface area contributed by atoms with Crippen molar-refractivity contribution in [3.63, 3.8) is 0 Å². The minimum atomic E-state index is -0.916. The van der Waals surface area contributed by atoms with Crippen LogP contribution in [0.1, 0.15) is 50.3 Å². The number of hydrogen-bond donors (Lipinski definition) is 2. The molecule has 25 heavy (non-hydrogen) atoms. The van der Waals surface area contributed by atoms with Crippen molar-refractivity contribution in [3.05, 3.63) is 35.1 Å². The Kier molecular flexibility index (Phi) is 4.58. The second-order valence-electron chi connectivity index (χ2n) is 7.60. The lowest BCUT2D eigenvalue weighted by Crippen LogP contribution is -2.51. The molecule has 0 saturated carbocycles. The standard InChI is InChI=1S/C20H25NO4/c1-12(2)20(3,10-19(23)24)21-18(22)9-15-11-25-17-8-14-6-4-5-13(14)7-16(15)17/h7-8,11-12H,4-6,9-10H2,1-3H3,(H,21,22)(H,23,24). The molecule has 0 aliphatic heterocycles. The molecular formula is C20H25NO4. The Morgan fingerprint density at radius 3 is 2.60 bits per heavy atom. The van der Waals surface area contributed by atoms with E-state index in [2.05, 4.69) is 17.4 Å². The smallest absolute Gasteiger partial charge is 0.305 e. The zero-order valence-electron chi connectivity index (χ0n) is 15.0. The van der Waals surface area contributed by atoms with E-state index in [9.17, 15) is 9.59 Å². The molecule has 1 aromatic carbocycles. The van der Waals surface area contributed by atoms with Gasteiger partial charge in [-0.05, 0) is 55.4 Å². The molecule has 1 atom stereocenters. The highest BCUT2D eigenvalue weighted by Crippen LogP contribution is 2.30. The van der Waals surface area contributed by atoms with E-state index in [1.807, 2.05) is 13.8 Å². The van der Waals surface area contributed by atoms with Crippen LogP contribution in [-0.2, 0) is 28.9 Å². The quantitative estimate of drug-likeness (QED) is 0.842. The number of carbonyl (C=O) groups excluding carboxylic acids is 1. The SMILES string of the molecule is CC(C)C(C)(CC(=O)O)NC(=O)Cc1coc2cc3c(cc12)CCC3. The average Bonchev–Trinajstić information content (AvgIpc) is 3.10. The molecule has 0 radical (unpaired) electrons. The number of carboxylic acids is 1. The van der Waals surface area contributed by atoms with E-state index in [4.69, 9.17) is 9.52 Å². The van der Waals surface area contributed by atoms with Gasteiger partial charge in [0.25, 0.3) is 0 Å². The summed E-state index contributed by atoms with van der Waals surface area (Å²) < 4.78 is 5.64. The fourth-order valence-electron chi connectivity index (χ4n) is 3.53. The van der Waals surface area contributed by atoms with Gasteiger partial charge in [0.05, 0.1) is 19.1 Å². The molecule has 0 bridgehead atoms. The fraction of sp³-hybridized carbons (Fsp3) is 0.500. The van der Waals surface area contributed by atoms with Gasteiger partial charge < -0.3 is 14.8 Å². The molecular weight excluding hydrogens is 318 g/mol. The number of furan rings is 1. The summed E-state index contributed by atoms with van der Waals surface area (Å²) in [6, 6.07) is 4.23. The second-order valence-corrected chi connectivity index (χ2v) is 7.60. The number of carboxylic acid groups (broad SMARTS) is 1. The van der Waals surface area contributed by atoms with Crippen molar-refractivity contribution in [1.82, 2.24) is 5.32 Å². The van der Waals surface area contributed by atoms with E-state index in [0.717, 1.165) is 29.4 Å². The summed E-state index contributed by atoms with van der Waals surface area (Å²) in [4.78, 5) is 23.7. The molecule has 2 aromatic rings. The van der Waals surface area contributed by atoms with E-state index in [1.165, 1.54) is 17.5 Å². The molecule has 1 aliphatic rings. The Balaban J connectivity index is 1.79. The number of hydrogen-bond acceptors (Lipinski definition) is 3. The summed E-state index contributed by atoms with van der Waals surface area (Å²) in [5.74, 6) is -1.08. The summed E-state index contributed by atoms with van der Waals surface area (Å²) in [6.07, 6.45) is 5.06. The van der Waals surface area contributed by atoms with Crippen LogP contribution < -0.4 is 5.32 Å². The summed E-state index contributed by atoms with van der Waals surface area (Å²) in [6.45, 7) is 5.61. The van der Waals surface area contributed by atoms with Crippen LogP contribution in [0.5, 0.6) is 0 Å². The van der Waals surface area contributed by atoms with Gasteiger partial charge in [-0.3, -0.25) is 9.59 Å². The maximum Gasteiger partial charge on any atom is 0.305 e. The normalized spacial score (nSPS) is 16.0. The van der Waals surface area contributed by atoms with Crippen molar-refractivity contribution in [2.24, 2.45) is 5.92 Å². The lowest BCUT2D eigenvalue weighted by atomic mass is 9.85. The first-order valence-corrected chi connectivity index (χ1v) is 8.83. The van der Waals surface area contributed by atoms with Gasteiger partial charge in [0.2, 0.25) is 5.91 Å². The Morgan fingerprint density at radius 1 is 1.28 bits per heavy atom. The number of fused-ring (bicyclic) bond motifs is 2. The van der Waals surface area contributed by atoms with Crippen molar-refractivity contribution in [2.75, 3.05) is 0 Å². The van der Waals surface area contributed by atoms with Gasteiger partial charge in [0, 0.05) is 16.5 Å². The second kappa shape index (κ2) is 6.54. The molecule has 0 fully saturated rings. The summed E-state index contributed by atoms with van der Waals surface area (Å²) in [5, 5.41) is 13.0. The van der Waals surface area contributed by atoms with Crippen LogP contribution in [0.25, 0.3) is 11.0 Å². The lowest BCUT2D eigenvalue weighted by Gasteiger charge is -2.33. The fourth-order valence-corrected chi connectivity index (χ4v) is 3.53. The van der Waals surface area contributed by atoms with Gasteiger partial charge in [0.15, 0.2) is 0 Å². The molecule has 2 N–H and O–H groups in total. The molecule has 5 heteroatoms. The third kappa shape index (κ3) is 3.55. The van der Waals surface area contributed by atoms with Crippen molar-refractivity contribution >= 4 is 22.8 Å². The van der Waals surface area contributed by atoms with E-state index in [1.54, 1.807) is 13.2 Å². The van der Waals surface area contributed by atoms with Crippen molar-refractivity contribution in [2.45, 2.75) is 58.4 Å². The van der Waals surface area contributed by atoms with Crippen LogP contribution in [0.3, 0.4) is 0 Å². The number of carbonyl (C=O) groups is 2. The van der Waals surface area contributed by atoms with Gasteiger partial charge in [-0.15, -0.1) is 0 Å². The molecule has 1 aliphatic carbocycles. The first kappa shape index (κ1) is 17.5. The van der Waals surface area contributed by atoms with E-state index in [0.29, 0.717) is 0 Å². The molecule has 5 nitrogen and oxygen atoms in total. The lowest BCUT2D eigenvalue weighted by molar-refractivity contribution is -0.139. The number of aliphatic carboxylic acids is 1. The number of benzene rings is 1. The third-order valence-electron chi connectivity index (χ3n) is 5.44. The molecule has 0 saturated heterocycles. The number of rotatable bonds is 6. The van der Waals surface area contributed by atoms with Crippen molar-refractivity contribution in [1.29, 1.82) is 0 Å². The molecule has 134 valence electrons. The largest absolute Gasteiger partial charge is 0.481 e. The molecule has 1 aromatic heterocycles. The molecule has 1 amide bonds. The Morgan fingerprint density at radius 2 is 1.96 bits per heavy atom. The highest BCUT2D eigenvalue weighted by Gasteiger charge is 2.33. The topological polar surface area (TPSA) is 79.5 Å². The van der Waals surface area contributed by atoms with Crippen LogP contribution >= 0.6 is 0 Å². The minimum Gasteiger partial charge on any atom is -0.481 e. The van der Waals surface area contributed by atoms with E-state index >= 15 is 0 Å². The predicted octanol–water partition coefficient (Wildman–Crippen LogP) is 3.47. The van der Waals surface area contributed by atoms with Gasteiger partial charge in [-0.1, -0.05) is 13.8 Å². The highest BCUT2D eigenvalue weighted by molar-refractivity contribution is 5.89. The average molecular weight is 343 g/mol. The zero-order chi connectivity index (χ0) is 18.2. The van der Waals surface area contributed by atoms with Gasteiger partial charge >= 0.3 is 5.97 Å². The third-order valence-corrected chi connectivity index (χ3v) is 5.44. The van der Waals surface area contributed by atoms with Gasteiger partial charge in [-0.2, -0.15) is 0 Å². The predicted molar refractivity (Wildman–Crippen MR) is 95.6 cm³/mol. The van der Waals surface area contributed by atoms with Gasteiger partial charge in [-0.25, -0.2) is 0 Å². The van der Waals surface area contributed by atoms with Crippen LogP contribution in [0.4, 0.5) is 0 Å². The van der Waals surface area contributed by atoms with Crippen LogP contribution in [0, 0.1) is 5.92 Å². The molecule has 1 heterocycles. The first-order chi connectivity index (χ1) is 11.8. The van der Waals surface area contributed by atoms with E-state index in [-0.39, 0.29) is 24.7 Å². The number of nitrogens with one attached hydrogen (secondary N) is 1. The Labute approximate surface area is 147 Å². The summed E-state index contributed by atoms with van der Waals surface area (Å²) >= 11 is 0. The van der Waals surface area contributed by atoms with Crippen LogP contribution in [0.2, 0.25) is 0 Å². The zero-order valence-corrected chi connectivity index (χ0v) is 15.0. The minimum absolute atomic E-state index is 0.0110. The molecule has 0 spiro atoms. The summed E-state index contributed by atoms with van der Waals surface area (Å²) in [7, 11) is 0.